The van der Waals surface area contributed by atoms with Crippen LogP contribution in [0.2, 0.25) is 5.02 Å². The van der Waals surface area contributed by atoms with Gasteiger partial charge in [0.2, 0.25) is 0 Å². The van der Waals surface area contributed by atoms with E-state index in [4.69, 9.17) is 11.6 Å². The second-order valence-corrected chi connectivity index (χ2v) is 5.66. The number of hydrogen-bond donors (Lipinski definition) is 1. The molecule has 2 rings (SSSR count). The Balaban J connectivity index is 2.29. The first kappa shape index (κ1) is 16.0. The number of hydrogen-bond acceptors (Lipinski definition) is 2. The molecule has 3 heteroatoms. The number of aryl methyl sites for hydroxylation is 1. The number of nitrogens with one attached hydrogen (secondary N) is 1. The largest absolute Gasteiger partial charge is 0.305 e. The maximum Gasteiger partial charge on any atom is 0.0804 e. The first-order chi connectivity index (χ1) is 10.3. The van der Waals surface area contributed by atoms with Crippen LogP contribution in [0.4, 0.5) is 0 Å². The van der Waals surface area contributed by atoms with E-state index in [0.717, 1.165) is 25.1 Å². The van der Waals surface area contributed by atoms with Crippen molar-refractivity contribution in [3.05, 3.63) is 64.4 Å². The number of nitrogens with zero attached hydrogens (tertiary/aromatic N) is 1. The van der Waals surface area contributed by atoms with Crippen LogP contribution >= 0.6 is 11.6 Å². The van der Waals surface area contributed by atoms with E-state index in [1.54, 1.807) is 6.20 Å². The van der Waals surface area contributed by atoms with E-state index in [2.05, 4.69) is 48.4 Å². The summed E-state index contributed by atoms with van der Waals surface area (Å²) in [6.07, 6.45) is 5.17. The van der Waals surface area contributed by atoms with Gasteiger partial charge in [-0.3, -0.25) is 4.98 Å². The third-order valence-corrected chi connectivity index (χ3v) is 3.83. The van der Waals surface area contributed by atoms with Crippen molar-refractivity contribution >= 4 is 11.6 Å². The monoisotopic (exact) mass is 302 g/mol. The zero-order valence-corrected chi connectivity index (χ0v) is 13.5. The number of halogens is 1. The molecule has 1 unspecified atom stereocenters. The fraction of sp³-hybridized carbons (Fsp3) is 0.389. The quantitative estimate of drug-likeness (QED) is 0.796. The molecule has 0 aliphatic heterocycles. The van der Waals surface area contributed by atoms with Crippen LogP contribution in [0.1, 0.15) is 49.6 Å². The van der Waals surface area contributed by atoms with Crippen LogP contribution in [-0.4, -0.2) is 11.5 Å². The minimum absolute atomic E-state index is 0.0503. The first-order valence-corrected chi connectivity index (χ1v) is 8.06. The predicted octanol–water partition coefficient (Wildman–Crippen LogP) is 4.78. The van der Waals surface area contributed by atoms with Gasteiger partial charge in [0, 0.05) is 6.20 Å². The smallest absolute Gasteiger partial charge is 0.0804 e. The van der Waals surface area contributed by atoms with E-state index in [1.165, 1.54) is 17.5 Å². The standard InChI is InChI=1S/C18H23ClN2/c1-3-6-14-8-10-15(11-9-14)17(20-12-4-2)18-16(19)7-5-13-21-18/h5,7-11,13,17,20H,3-4,6,12H2,1-2H3. The van der Waals surface area contributed by atoms with Crippen molar-refractivity contribution in [1.29, 1.82) is 0 Å². The van der Waals surface area contributed by atoms with Gasteiger partial charge in [-0.25, -0.2) is 0 Å². The molecule has 0 aliphatic carbocycles. The van der Waals surface area contributed by atoms with Gasteiger partial charge in [-0.05, 0) is 42.6 Å². The van der Waals surface area contributed by atoms with Crippen LogP contribution in [0.3, 0.4) is 0 Å². The first-order valence-electron chi connectivity index (χ1n) is 7.68. The van der Waals surface area contributed by atoms with Crippen molar-refractivity contribution in [2.75, 3.05) is 6.54 Å². The SMILES string of the molecule is CCCNC(c1ccc(CCC)cc1)c1ncccc1Cl. The van der Waals surface area contributed by atoms with Gasteiger partial charge in [0.05, 0.1) is 16.8 Å². The van der Waals surface area contributed by atoms with Crippen LogP contribution < -0.4 is 5.32 Å². The predicted molar refractivity (Wildman–Crippen MR) is 89.8 cm³/mol. The van der Waals surface area contributed by atoms with Gasteiger partial charge in [0.1, 0.15) is 0 Å². The van der Waals surface area contributed by atoms with Gasteiger partial charge >= 0.3 is 0 Å². The van der Waals surface area contributed by atoms with Crippen LogP contribution in [0.25, 0.3) is 0 Å². The second-order valence-electron chi connectivity index (χ2n) is 5.25. The summed E-state index contributed by atoms with van der Waals surface area (Å²) < 4.78 is 0. The lowest BCUT2D eigenvalue weighted by Crippen LogP contribution is -2.24. The summed E-state index contributed by atoms with van der Waals surface area (Å²) >= 11 is 6.33. The molecule has 0 saturated heterocycles. The zero-order valence-electron chi connectivity index (χ0n) is 12.8. The lowest BCUT2D eigenvalue weighted by Gasteiger charge is -2.20. The van der Waals surface area contributed by atoms with E-state index in [-0.39, 0.29) is 6.04 Å². The third-order valence-electron chi connectivity index (χ3n) is 3.51. The fourth-order valence-electron chi connectivity index (χ4n) is 2.44. The van der Waals surface area contributed by atoms with Gasteiger partial charge < -0.3 is 5.32 Å². The van der Waals surface area contributed by atoms with Gasteiger partial charge in [-0.2, -0.15) is 0 Å². The Kier molecular flexibility index (Phi) is 6.21. The van der Waals surface area contributed by atoms with Crippen molar-refractivity contribution in [1.82, 2.24) is 10.3 Å². The lowest BCUT2D eigenvalue weighted by atomic mass is 10.00. The van der Waals surface area contributed by atoms with Gasteiger partial charge in [0.15, 0.2) is 0 Å². The van der Waals surface area contributed by atoms with Crippen molar-refractivity contribution in [3.63, 3.8) is 0 Å². The summed E-state index contributed by atoms with van der Waals surface area (Å²) in [4.78, 5) is 4.47. The van der Waals surface area contributed by atoms with E-state index < -0.39 is 0 Å². The normalized spacial score (nSPS) is 12.3. The minimum atomic E-state index is 0.0503. The molecular weight excluding hydrogens is 280 g/mol. The van der Waals surface area contributed by atoms with E-state index in [9.17, 15) is 0 Å². The molecule has 0 fully saturated rings. The Labute approximate surface area is 132 Å². The number of aromatic nitrogens is 1. The molecule has 1 atom stereocenters. The third kappa shape index (κ3) is 4.29. The molecule has 21 heavy (non-hydrogen) atoms. The van der Waals surface area contributed by atoms with Crippen LogP contribution in [0, 0.1) is 0 Å². The van der Waals surface area contributed by atoms with Crippen LogP contribution in [0.5, 0.6) is 0 Å². The maximum absolute atomic E-state index is 6.33. The summed E-state index contributed by atoms with van der Waals surface area (Å²) in [7, 11) is 0. The average molecular weight is 303 g/mol. The molecule has 0 aliphatic rings. The zero-order chi connectivity index (χ0) is 15.1. The van der Waals surface area contributed by atoms with Gasteiger partial charge in [-0.15, -0.1) is 0 Å². The Morgan fingerprint density at radius 1 is 1.10 bits per heavy atom. The van der Waals surface area contributed by atoms with Gasteiger partial charge in [0.25, 0.3) is 0 Å². The molecular formula is C18H23ClN2. The van der Waals surface area contributed by atoms with E-state index >= 15 is 0 Å². The molecule has 0 bridgehead atoms. The summed E-state index contributed by atoms with van der Waals surface area (Å²) in [6, 6.07) is 12.6. The summed E-state index contributed by atoms with van der Waals surface area (Å²) in [5, 5.41) is 4.26. The molecule has 1 aromatic carbocycles. The molecule has 1 N–H and O–H groups in total. The molecule has 0 amide bonds. The average Bonchev–Trinajstić information content (AvgIpc) is 2.51. The van der Waals surface area contributed by atoms with Crippen LogP contribution in [-0.2, 0) is 6.42 Å². The molecule has 2 aromatic rings. The van der Waals surface area contributed by atoms with Gasteiger partial charge in [-0.1, -0.05) is 56.1 Å². The molecule has 1 aromatic heterocycles. The highest BCUT2D eigenvalue weighted by molar-refractivity contribution is 6.31. The molecule has 2 nitrogen and oxygen atoms in total. The number of benzene rings is 1. The second kappa shape index (κ2) is 8.16. The van der Waals surface area contributed by atoms with Crippen molar-refractivity contribution in [3.8, 4) is 0 Å². The van der Waals surface area contributed by atoms with E-state index in [1.807, 2.05) is 12.1 Å². The van der Waals surface area contributed by atoms with Crippen LogP contribution in [0.15, 0.2) is 42.6 Å². The lowest BCUT2D eigenvalue weighted by molar-refractivity contribution is 0.586. The molecule has 0 saturated carbocycles. The highest BCUT2D eigenvalue weighted by atomic mass is 35.5. The number of rotatable bonds is 7. The highest BCUT2D eigenvalue weighted by Crippen LogP contribution is 2.26. The molecule has 1 heterocycles. The molecule has 0 radical (unpaired) electrons. The Morgan fingerprint density at radius 3 is 2.48 bits per heavy atom. The molecule has 112 valence electrons. The maximum atomic E-state index is 6.33. The summed E-state index contributed by atoms with van der Waals surface area (Å²) in [6.45, 7) is 5.30. The summed E-state index contributed by atoms with van der Waals surface area (Å²) in [5.74, 6) is 0. The molecule has 0 spiro atoms. The Hall–Kier alpha value is -1.38. The van der Waals surface area contributed by atoms with Crippen molar-refractivity contribution in [2.24, 2.45) is 0 Å². The van der Waals surface area contributed by atoms with E-state index in [0.29, 0.717) is 5.02 Å². The summed E-state index contributed by atoms with van der Waals surface area (Å²) in [5.41, 5.74) is 3.49. The Bertz CT molecular complexity index is 551. The highest BCUT2D eigenvalue weighted by Gasteiger charge is 2.17. The van der Waals surface area contributed by atoms with Crippen molar-refractivity contribution in [2.45, 2.75) is 39.2 Å². The minimum Gasteiger partial charge on any atom is -0.305 e. The van der Waals surface area contributed by atoms with Crippen molar-refractivity contribution < 1.29 is 0 Å². The fourth-order valence-corrected chi connectivity index (χ4v) is 2.67. The Morgan fingerprint density at radius 2 is 1.86 bits per heavy atom. The topological polar surface area (TPSA) is 24.9 Å². The number of pyridine rings is 1.